The second-order valence-corrected chi connectivity index (χ2v) is 5.46. The first-order valence-electron chi connectivity index (χ1n) is 6.42. The standard InChI is InChI=1S/C16H18N2O2S/c1-19-13-4-3-5-14(9-13)21-10-12-8-11(16(17)18)6-7-15(12)20-2/h3-9H,10H2,1-2H3,(H3,17,18). The van der Waals surface area contributed by atoms with Crippen LogP contribution in [0.25, 0.3) is 0 Å². The molecule has 21 heavy (non-hydrogen) atoms. The summed E-state index contributed by atoms with van der Waals surface area (Å²) in [4.78, 5) is 1.12. The lowest BCUT2D eigenvalue weighted by Gasteiger charge is -2.10. The molecule has 0 saturated carbocycles. The fourth-order valence-corrected chi connectivity index (χ4v) is 2.83. The van der Waals surface area contributed by atoms with Crippen LogP contribution in [0, 0.1) is 5.41 Å². The predicted octanol–water partition coefficient (Wildman–Crippen LogP) is 3.28. The van der Waals surface area contributed by atoms with E-state index < -0.39 is 0 Å². The van der Waals surface area contributed by atoms with Gasteiger partial charge in [-0.05, 0) is 36.4 Å². The van der Waals surface area contributed by atoms with Gasteiger partial charge in [0.05, 0.1) is 14.2 Å². The number of thioether (sulfide) groups is 1. The largest absolute Gasteiger partial charge is 0.497 e. The summed E-state index contributed by atoms with van der Waals surface area (Å²) in [6.07, 6.45) is 0. The number of hydrogen-bond acceptors (Lipinski definition) is 4. The van der Waals surface area contributed by atoms with E-state index >= 15 is 0 Å². The van der Waals surface area contributed by atoms with Gasteiger partial charge in [0, 0.05) is 21.8 Å². The Hall–Kier alpha value is -2.14. The van der Waals surface area contributed by atoms with Gasteiger partial charge in [0.1, 0.15) is 17.3 Å². The van der Waals surface area contributed by atoms with E-state index in [0.29, 0.717) is 5.56 Å². The van der Waals surface area contributed by atoms with Crippen molar-refractivity contribution in [1.29, 1.82) is 5.41 Å². The van der Waals surface area contributed by atoms with Crippen LogP contribution in [-0.2, 0) is 5.75 Å². The summed E-state index contributed by atoms with van der Waals surface area (Å²) in [6, 6.07) is 13.4. The number of amidine groups is 1. The minimum Gasteiger partial charge on any atom is -0.497 e. The molecule has 0 amide bonds. The van der Waals surface area contributed by atoms with Crippen molar-refractivity contribution in [3.8, 4) is 11.5 Å². The minimum atomic E-state index is 0.0604. The number of nitrogens with one attached hydrogen (secondary N) is 1. The van der Waals surface area contributed by atoms with Crippen molar-refractivity contribution in [2.75, 3.05) is 14.2 Å². The zero-order chi connectivity index (χ0) is 15.2. The van der Waals surface area contributed by atoms with Crippen molar-refractivity contribution in [2.24, 2.45) is 5.73 Å². The van der Waals surface area contributed by atoms with Crippen LogP contribution in [-0.4, -0.2) is 20.1 Å². The molecule has 0 saturated heterocycles. The number of rotatable bonds is 6. The van der Waals surface area contributed by atoms with Crippen LogP contribution in [0.4, 0.5) is 0 Å². The summed E-state index contributed by atoms with van der Waals surface area (Å²) in [5.74, 6) is 2.43. The molecule has 110 valence electrons. The summed E-state index contributed by atoms with van der Waals surface area (Å²) >= 11 is 1.68. The number of hydrogen-bond donors (Lipinski definition) is 2. The van der Waals surface area contributed by atoms with E-state index in [4.69, 9.17) is 20.6 Å². The van der Waals surface area contributed by atoms with Crippen LogP contribution in [0.2, 0.25) is 0 Å². The highest BCUT2D eigenvalue weighted by molar-refractivity contribution is 7.98. The molecule has 0 fully saturated rings. The highest BCUT2D eigenvalue weighted by atomic mass is 32.2. The molecule has 5 heteroatoms. The van der Waals surface area contributed by atoms with Crippen LogP contribution in [0.5, 0.6) is 11.5 Å². The van der Waals surface area contributed by atoms with E-state index in [0.717, 1.165) is 27.7 Å². The predicted molar refractivity (Wildman–Crippen MR) is 86.6 cm³/mol. The Morgan fingerprint density at radius 3 is 2.62 bits per heavy atom. The van der Waals surface area contributed by atoms with Crippen LogP contribution < -0.4 is 15.2 Å². The number of nitrogen functional groups attached to an aromatic ring is 1. The van der Waals surface area contributed by atoms with Gasteiger partial charge in [-0.2, -0.15) is 0 Å². The lowest BCUT2D eigenvalue weighted by Crippen LogP contribution is -2.11. The maximum absolute atomic E-state index is 7.52. The lowest BCUT2D eigenvalue weighted by atomic mass is 10.1. The van der Waals surface area contributed by atoms with Crippen LogP contribution >= 0.6 is 11.8 Å². The molecule has 0 aliphatic heterocycles. The van der Waals surface area contributed by atoms with Gasteiger partial charge in [-0.15, -0.1) is 11.8 Å². The van der Waals surface area contributed by atoms with Gasteiger partial charge in [-0.1, -0.05) is 6.07 Å². The summed E-state index contributed by atoms with van der Waals surface area (Å²) in [7, 11) is 3.30. The molecule has 4 nitrogen and oxygen atoms in total. The molecule has 0 spiro atoms. The molecular weight excluding hydrogens is 284 g/mol. The Morgan fingerprint density at radius 2 is 1.95 bits per heavy atom. The zero-order valence-electron chi connectivity index (χ0n) is 12.1. The number of ether oxygens (including phenoxy) is 2. The van der Waals surface area contributed by atoms with Gasteiger partial charge in [0.25, 0.3) is 0 Å². The minimum absolute atomic E-state index is 0.0604. The van der Waals surface area contributed by atoms with Gasteiger partial charge in [-0.25, -0.2) is 0 Å². The molecule has 0 atom stereocenters. The molecular formula is C16H18N2O2S. The maximum Gasteiger partial charge on any atom is 0.122 e. The van der Waals surface area contributed by atoms with E-state index in [9.17, 15) is 0 Å². The summed E-state index contributed by atoms with van der Waals surface area (Å²) in [5.41, 5.74) is 7.26. The molecule has 3 N–H and O–H groups in total. The molecule has 2 aromatic rings. The Bertz CT molecular complexity index is 644. The van der Waals surface area contributed by atoms with Crippen LogP contribution in [0.1, 0.15) is 11.1 Å². The van der Waals surface area contributed by atoms with E-state index in [-0.39, 0.29) is 5.84 Å². The molecule has 0 radical (unpaired) electrons. The average molecular weight is 302 g/mol. The maximum atomic E-state index is 7.52. The first kappa shape index (κ1) is 15.3. The normalized spacial score (nSPS) is 10.2. The number of nitrogens with two attached hydrogens (primary N) is 1. The molecule has 0 unspecified atom stereocenters. The second kappa shape index (κ2) is 7.04. The first-order chi connectivity index (χ1) is 10.1. The monoisotopic (exact) mass is 302 g/mol. The highest BCUT2D eigenvalue weighted by Crippen LogP contribution is 2.30. The van der Waals surface area contributed by atoms with Gasteiger partial charge in [-0.3, -0.25) is 5.41 Å². The average Bonchev–Trinajstić information content (AvgIpc) is 2.52. The summed E-state index contributed by atoms with van der Waals surface area (Å²) < 4.78 is 10.6. The summed E-state index contributed by atoms with van der Waals surface area (Å²) in [6.45, 7) is 0. The van der Waals surface area contributed by atoms with E-state index in [1.807, 2.05) is 36.4 Å². The van der Waals surface area contributed by atoms with Gasteiger partial charge >= 0.3 is 0 Å². The Morgan fingerprint density at radius 1 is 1.14 bits per heavy atom. The fraction of sp³-hybridized carbons (Fsp3) is 0.188. The highest BCUT2D eigenvalue weighted by Gasteiger charge is 2.07. The van der Waals surface area contributed by atoms with Crippen molar-refractivity contribution in [3.63, 3.8) is 0 Å². The first-order valence-corrected chi connectivity index (χ1v) is 7.40. The van der Waals surface area contributed by atoms with Crippen molar-refractivity contribution >= 4 is 17.6 Å². The molecule has 2 aromatic carbocycles. The molecule has 0 aliphatic rings. The van der Waals surface area contributed by atoms with E-state index in [1.165, 1.54) is 0 Å². The van der Waals surface area contributed by atoms with Crippen LogP contribution in [0.3, 0.4) is 0 Å². The van der Waals surface area contributed by atoms with Crippen molar-refractivity contribution in [2.45, 2.75) is 10.6 Å². The summed E-state index contributed by atoms with van der Waals surface area (Å²) in [5, 5.41) is 7.52. The third-order valence-corrected chi connectivity index (χ3v) is 4.07. The topological polar surface area (TPSA) is 68.3 Å². The number of methoxy groups -OCH3 is 2. The zero-order valence-corrected chi connectivity index (χ0v) is 12.9. The van der Waals surface area contributed by atoms with Gasteiger partial charge < -0.3 is 15.2 Å². The molecule has 0 heterocycles. The van der Waals surface area contributed by atoms with Crippen LogP contribution in [0.15, 0.2) is 47.4 Å². The van der Waals surface area contributed by atoms with E-state index in [1.54, 1.807) is 32.0 Å². The third kappa shape index (κ3) is 3.92. The SMILES string of the molecule is COc1cccc(SCc2cc(C(=N)N)ccc2OC)c1. The Balaban J connectivity index is 2.17. The quantitative estimate of drug-likeness (QED) is 0.488. The molecule has 0 aromatic heterocycles. The van der Waals surface area contributed by atoms with Gasteiger partial charge in [0.15, 0.2) is 0 Å². The van der Waals surface area contributed by atoms with E-state index in [2.05, 4.69) is 0 Å². The van der Waals surface area contributed by atoms with Crippen molar-refractivity contribution < 1.29 is 9.47 Å². The lowest BCUT2D eigenvalue weighted by molar-refractivity contribution is 0.411. The van der Waals surface area contributed by atoms with Crippen molar-refractivity contribution in [3.05, 3.63) is 53.6 Å². The smallest absolute Gasteiger partial charge is 0.122 e. The van der Waals surface area contributed by atoms with Crippen molar-refractivity contribution in [1.82, 2.24) is 0 Å². The second-order valence-electron chi connectivity index (χ2n) is 4.41. The molecule has 0 bridgehead atoms. The Labute approximate surface area is 128 Å². The van der Waals surface area contributed by atoms with Gasteiger partial charge in [0.2, 0.25) is 0 Å². The third-order valence-electron chi connectivity index (χ3n) is 3.03. The Kier molecular flexibility index (Phi) is 5.11. The fourth-order valence-electron chi connectivity index (χ4n) is 1.91. The molecule has 2 rings (SSSR count). The number of benzene rings is 2. The molecule has 0 aliphatic carbocycles.